The van der Waals surface area contributed by atoms with Crippen molar-refractivity contribution in [1.82, 2.24) is 0 Å². The summed E-state index contributed by atoms with van der Waals surface area (Å²) in [5.41, 5.74) is 6.69. The molecule has 0 aliphatic carbocycles. The molecule has 92 valence electrons. The largest absolute Gasteiger partial charge is 0.397 e. The molecule has 0 aliphatic rings. The van der Waals surface area contributed by atoms with Gasteiger partial charge in [-0.2, -0.15) is 0 Å². The maximum absolute atomic E-state index is 12.3. The Balaban J connectivity index is 2.51. The Kier molecular flexibility index (Phi) is 3.81. The highest BCUT2D eigenvalue weighted by Gasteiger charge is 2.16. The van der Waals surface area contributed by atoms with Crippen LogP contribution in [0.3, 0.4) is 0 Å². The van der Waals surface area contributed by atoms with Gasteiger partial charge < -0.3 is 5.73 Å². The lowest BCUT2D eigenvalue weighted by molar-refractivity contribution is 0.103. The minimum Gasteiger partial charge on any atom is -0.397 e. The molecule has 0 amide bonds. The Morgan fingerprint density at radius 3 is 2.33 bits per heavy atom. The average Bonchev–Trinajstić information content (AvgIpc) is 2.32. The van der Waals surface area contributed by atoms with E-state index in [4.69, 9.17) is 40.5 Å². The normalized spacial score (nSPS) is 10.4. The molecule has 0 bridgehead atoms. The van der Waals surface area contributed by atoms with Crippen molar-refractivity contribution in [3.63, 3.8) is 0 Å². The zero-order chi connectivity index (χ0) is 13.3. The van der Waals surface area contributed by atoms with E-state index >= 15 is 0 Å². The monoisotopic (exact) mass is 299 g/mol. The Hall–Kier alpha value is -1.22. The molecule has 2 aromatic carbocycles. The van der Waals surface area contributed by atoms with Gasteiger partial charge in [0.1, 0.15) is 0 Å². The first-order chi connectivity index (χ1) is 8.50. The summed E-state index contributed by atoms with van der Waals surface area (Å²) in [4.78, 5) is 12.3. The van der Waals surface area contributed by atoms with Gasteiger partial charge in [0.2, 0.25) is 0 Å². The fourth-order valence-corrected chi connectivity index (χ4v) is 2.22. The SMILES string of the molecule is Nc1c(Cl)cccc1C(=O)c1ccc(Cl)cc1Cl. The zero-order valence-corrected chi connectivity index (χ0v) is 11.4. The first-order valence-corrected chi connectivity index (χ1v) is 6.18. The summed E-state index contributed by atoms with van der Waals surface area (Å²) >= 11 is 17.6. The molecule has 0 aromatic heterocycles. The topological polar surface area (TPSA) is 43.1 Å². The number of para-hydroxylation sites is 1. The van der Waals surface area contributed by atoms with Gasteiger partial charge in [-0.25, -0.2) is 0 Å². The Morgan fingerprint density at radius 1 is 0.944 bits per heavy atom. The van der Waals surface area contributed by atoms with Gasteiger partial charge in [-0.05, 0) is 30.3 Å². The van der Waals surface area contributed by atoms with Crippen LogP contribution in [0, 0.1) is 0 Å². The molecule has 0 fully saturated rings. The summed E-state index contributed by atoms with van der Waals surface area (Å²) in [7, 11) is 0. The maximum atomic E-state index is 12.3. The molecule has 0 atom stereocenters. The first kappa shape index (κ1) is 13.2. The zero-order valence-electron chi connectivity index (χ0n) is 9.08. The van der Waals surface area contributed by atoms with Crippen LogP contribution < -0.4 is 5.73 Å². The smallest absolute Gasteiger partial charge is 0.196 e. The molecule has 0 aliphatic heterocycles. The Bertz CT molecular complexity index is 626. The number of nitrogen functional groups attached to an aromatic ring is 1. The summed E-state index contributed by atoms with van der Waals surface area (Å²) in [6.45, 7) is 0. The van der Waals surface area contributed by atoms with E-state index in [1.54, 1.807) is 30.3 Å². The first-order valence-electron chi connectivity index (χ1n) is 5.04. The van der Waals surface area contributed by atoms with Crippen molar-refractivity contribution in [2.75, 3.05) is 5.73 Å². The summed E-state index contributed by atoms with van der Waals surface area (Å²) in [6, 6.07) is 9.56. The van der Waals surface area contributed by atoms with Crippen molar-refractivity contribution >= 4 is 46.3 Å². The van der Waals surface area contributed by atoms with Crippen LogP contribution in [0.1, 0.15) is 15.9 Å². The molecule has 2 aromatic rings. The van der Waals surface area contributed by atoms with Gasteiger partial charge in [0.05, 0.1) is 15.7 Å². The predicted octanol–water partition coefficient (Wildman–Crippen LogP) is 4.46. The van der Waals surface area contributed by atoms with Gasteiger partial charge >= 0.3 is 0 Å². The number of carbonyl (C=O) groups is 1. The molecule has 0 saturated carbocycles. The lowest BCUT2D eigenvalue weighted by Gasteiger charge is -2.08. The van der Waals surface area contributed by atoms with E-state index in [0.29, 0.717) is 21.2 Å². The van der Waals surface area contributed by atoms with E-state index in [0.717, 1.165) is 0 Å². The minimum atomic E-state index is -0.281. The van der Waals surface area contributed by atoms with Crippen molar-refractivity contribution < 1.29 is 4.79 Å². The summed E-state index contributed by atoms with van der Waals surface area (Å²) < 4.78 is 0. The standard InChI is InChI=1S/C13H8Cl3NO/c14-7-4-5-8(11(16)6-7)13(18)9-2-1-3-10(15)12(9)17/h1-6H,17H2. The van der Waals surface area contributed by atoms with Crippen molar-refractivity contribution in [1.29, 1.82) is 0 Å². The van der Waals surface area contributed by atoms with Crippen LogP contribution in [0.5, 0.6) is 0 Å². The van der Waals surface area contributed by atoms with Crippen LogP contribution in [-0.2, 0) is 0 Å². The quantitative estimate of drug-likeness (QED) is 0.657. The van der Waals surface area contributed by atoms with E-state index in [2.05, 4.69) is 0 Å². The lowest BCUT2D eigenvalue weighted by Crippen LogP contribution is -2.06. The van der Waals surface area contributed by atoms with Gasteiger partial charge in [-0.1, -0.05) is 40.9 Å². The van der Waals surface area contributed by atoms with E-state index in [1.807, 2.05) is 0 Å². The molecule has 5 heteroatoms. The lowest BCUT2D eigenvalue weighted by atomic mass is 10.0. The molecule has 0 radical (unpaired) electrons. The van der Waals surface area contributed by atoms with Crippen molar-refractivity contribution in [2.24, 2.45) is 0 Å². The summed E-state index contributed by atoms with van der Waals surface area (Å²) in [5.74, 6) is -0.281. The molecule has 18 heavy (non-hydrogen) atoms. The van der Waals surface area contributed by atoms with Crippen LogP contribution in [0.15, 0.2) is 36.4 Å². The molecule has 2 nitrogen and oxygen atoms in total. The number of rotatable bonds is 2. The third kappa shape index (κ3) is 2.46. The third-order valence-corrected chi connectivity index (χ3v) is 3.35. The van der Waals surface area contributed by atoms with Crippen LogP contribution in [-0.4, -0.2) is 5.78 Å². The number of benzene rings is 2. The van der Waals surface area contributed by atoms with Gasteiger partial charge in [-0.3, -0.25) is 4.79 Å². The van der Waals surface area contributed by atoms with E-state index in [-0.39, 0.29) is 16.5 Å². The van der Waals surface area contributed by atoms with Gasteiger partial charge in [0, 0.05) is 16.1 Å². The fourth-order valence-electron chi connectivity index (χ4n) is 1.55. The summed E-state index contributed by atoms with van der Waals surface area (Å²) in [6.07, 6.45) is 0. The molecular weight excluding hydrogens is 293 g/mol. The molecule has 0 saturated heterocycles. The number of nitrogens with two attached hydrogens (primary N) is 1. The van der Waals surface area contributed by atoms with E-state index < -0.39 is 0 Å². The number of hydrogen-bond acceptors (Lipinski definition) is 2. The Morgan fingerprint density at radius 2 is 1.67 bits per heavy atom. The summed E-state index contributed by atoms with van der Waals surface area (Å²) in [5, 5.41) is 1.09. The molecule has 0 spiro atoms. The molecule has 0 heterocycles. The third-order valence-electron chi connectivity index (χ3n) is 2.47. The maximum Gasteiger partial charge on any atom is 0.196 e. The highest BCUT2D eigenvalue weighted by Crippen LogP contribution is 2.28. The number of ketones is 1. The second kappa shape index (κ2) is 5.19. The molecule has 0 unspecified atom stereocenters. The van der Waals surface area contributed by atoms with E-state index in [1.165, 1.54) is 6.07 Å². The molecule has 2 N–H and O–H groups in total. The highest BCUT2D eigenvalue weighted by molar-refractivity contribution is 6.38. The minimum absolute atomic E-state index is 0.246. The number of halogens is 3. The van der Waals surface area contributed by atoms with Crippen molar-refractivity contribution in [3.8, 4) is 0 Å². The van der Waals surface area contributed by atoms with Crippen molar-refractivity contribution in [3.05, 3.63) is 62.6 Å². The van der Waals surface area contributed by atoms with Crippen LogP contribution in [0.2, 0.25) is 15.1 Å². The number of carbonyl (C=O) groups excluding carboxylic acids is 1. The highest BCUT2D eigenvalue weighted by atomic mass is 35.5. The van der Waals surface area contributed by atoms with Gasteiger partial charge in [-0.15, -0.1) is 0 Å². The van der Waals surface area contributed by atoms with Gasteiger partial charge in [0.25, 0.3) is 0 Å². The predicted molar refractivity (Wildman–Crippen MR) is 75.8 cm³/mol. The second-order valence-electron chi connectivity index (χ2n) is 3.65. The molecular formula is C13H8Cl3NO. The second-order valence-corrected chi connectivity index (χ2v) is 4.91. The average molecular weight is 301 g/mol. The van der Waals surface area contributed by atoms with Crippen LogP contribution in [0.25, 0.3) is 0 Å². The van der Waals surface area contributed by atoms with Crippen LogP contribution >= 0.6 is 34.8 Å². The van der Waals surface area contributed by atoms with Crippen molar-refractivity contribution in [2.45, 2.75) is 0 Å². The van der Waals surface area contributed by atoms with Crippen LogP contribution in [0.4, 0.5) is 5.69 Å². The van der Waals surface area contributed by atoms with E-state index in [9.17, 15) is 4.79 Å². The fraction of sp³-hybridized carbons (Fsp3) is 0. The molecule has 2 rings (SSSR count). The number of anilines is 1. The Labute approximate surface area is 119 Å². The van der Waals surface area contributed by atoms with Gasteiger partial charge in [0.15, 0.2) is 5.78 Å². The number of hydrogen-bond donors (Lipinski definition) is 1.